The third-order valence-electron chi connectivity index (χ3n) is 4.71. The van der Waals surface area contributed by atoms with E-state index in [1.165, 1.54) is 24.0 Å². The zero-order chi connectivity index (χ0) is 17.1. The molecule has 0 heterocycles. The maximum absolute atomic E-state index is 12.6. The zero-order valence-corrected chi connectivity index (χ0v) is 14.7. The highest BCUT2D eigenvalue weighted by Gasteiger charge is 2.33. The summed E-state index contributed by atoms with van der Waals surface area (Å²) in [6.07, 6.45) is 2.47. The summed E-state index contributed by atoms with van der Waals surface area (Å²) in [5.41, 5.74) is 4.46. The van der Waals surface area contributed by atoms with Crippen molar-refractivity contribution >= 4 is 11.6 Å². The Morgan fingerprint density at radius 2 is 1.79 bits per heavy atom. The molecule has 3 heteroatoms. The minimum atomic E-state index is -0.239. The molecule has 2 aromatic rings. The third kappa shape index (κ3) is 4.04. The zero-order valence-electron chi connectivity index (χ0n) is 14.7. The van der Waals surface area contributed by atoms with Crippen LogP contribution >= 0.6 is 0 Å². The van der Waals surface area contributed by atoms with E-state index in [9.17, 15) is 4.79 Å². The summed E-state index contributed by atoms with van der Waals surface area (Å²) in [5.74, 6) is 0.660. The van der Waals surface area contributed by atoms with Crippen LogP contribution in [0.2, 0.25) is 0 Å². The van der Waals surface area contributed by atoms with Crippen LogP contribution in [0.1, 0.15) is 42.5 Å². The number of nitrogens with one attached hydrogen (secondary N) is 2. The predicted octanol–water partition coefficient (Wildman–Crippen LogP) is 4.37. The van der Waals surface area contributed by atoms with Gasteiger partial charge in [0.1, 0.15) is 0 Å². The molecule has 3 rings (SSSR count). The van der Waals surface area contributed by atoms with Gasteiger partial charge in [-0.2, -0.15) is 0 Å². The molecule has 1 aliphatic rings. The van der Waals surface area contributed by atoms with Gasteiger partial charge in [-0.1, -0.05) is 48.0 Å². The first kappa shape index (κ1) is 16.7. The molecule has 2 N–H and O–H groups in total. The van der Waals surface area contributed by atoms with Crippen LogP contribution in [0.5, 0.6) is 0 Å². The normalized spacial score (nSPS) is 16.5. The molecule has 1 saturated carbocycles. The Hall–Kier alpha value is -2.13. The molecular formula is C21H26N2O. The molecule has 0 spiro atoms. The SMILES string of the molecule is Cc1ccc(NC(=O)[C@H](C)N[C@@H](c2ccccc2)C2CC2)c(C)c1. The number of amides is 1. The highest BCUT2D eigenvalue weighted by atomic mass is 16.2. The van der Waals surface area contributed by atoms with E-state index in [1.54, 1.807) is 0 Å². The van der Waals surface area contributed by atoms with Crippen LogP contribution in [0.4, 0.5) is 5.69 Å². The summed E-state index contributed by atoms with van der Waals surface area (Å²) >= 11 is 0. The molecule has 0 radical (unpaired) electrons. The molecule has 0 saturated heterocycles. The molecule has 2 atom stereocenters. The van der Waals surface area contributed by atoms with Crippen LogP contribution < -0.4 is 10.6 Å². The lowest BCUT2D eigenvalue weighted by Crippen LogP contribution is -2.41. The highest BCUT2D eigenvalue weighted by molar-refractivity contribution is 5.95. The van der Waals surface area contributed by atoms with Crippen molar-refractivity contribution in [3.05, 3.63) is 65.2 Å². The second-order valence-electron chi connectivity index (χ2n) is 6.92. The van der Waals surface area contributed by atoms with E-state index in [0.717, 1.165) is 11.3 Å². The summed E-state index contributed by atoms with van der Waals surface area (Å²) < 4.78 is 0. The van der Waals surface area contributed by atoms with Crippen LogP contribution in [0.3, 0.4) is 0 Å². The van der Waals surface area contributed by atoms with Crippen molar-refractivity contribution in [2.24, 2.45) is 5.92 Å². The average Bonchev–Trinajstić information content (AvgIpc) is 3.40. The summed E-state index contributed by atoms with van der Waals surface area (Å²) in [5, 5.41) is 6.59. The van der Waals surface area contributed by atoms with Crippen molar-refractivity contribution in [2.45, 2.75) is 45.7 Å². The Morgan fingerprint density at radius 3 is 2.42 bits per heavy atom. The van der Waals surface area contributed by atoms with E-state index in [1.807, 2.05) is 32.0 Å². The summed E-state index contributed by atoms with van der Waals surface area (Å²) in [6.45, 7) is 6.03. The number of aryl methyl sites for hydroxylation is 2. The van der Waals surface area contributed by atoms with E-state index >= 15 is 0 Å². The molecule has 0 unspecified atom stereocenters. The Morgan fingerprint density at radius 1 is 1.08 bits per heavy atom. The van der Waals surface area contributed by atoms with Crippen molar-refractivity contribution in [1.82, 2.24) is 5.32 Å². The van der Waals surface area contributed by atoms with E-state index in [2.05, 4.69) is 47.9 Å². The first-order valence-electron chi connectivity index (χ1n) is 8.73. The Labute approximate surface area is 144 Å². The molecule has 1 amide bonds. The van der Waals surface area contributed by atoms with Crippen LogP contribution in [0.15, 0.2) is 48.5 Å². The number of carbonyl (C=O) groups is 1. The minimum Gasteiger partial charge on any atom is -0.324 e. The van der Waals surface area contributed by atoms with Crippen molar-refractivity contribution in [1.29, 1.82) is 0 Å². The second kappa shape index (κ2) is 7.18. The largest absolute Gasteiger partial charge is 0.324 e. The van der Waals surface area contributed by atoms with Gasteiger partial charge in [-0.25, -0.2) is 0 Å². The van der Waals surface area contributed by atoms with E-state index in [0.29, 0.717) is 5.92 Å². The number of rotatable bonds is 6. The molecule has 24 heavy (non-hydrogen) atoms. The van der Waals surface area contributed by atoms with E-state index < -0.39 is 0 Å². The molecule has 0 bridgehead atoms. The van der Waals surface area contributed by atoms with Gasteiger partial charge in [0.25, 0.3) is 0 Å². The van der Waals surface area contributed by atoms with E-state index in [4.69, 9.17) is 0 Å². The smallest absolute Gasteiger partial charge is 0.241 e. The van der Waals surface area contributed by atoms with Gasteiger partial charge in [0.15, 0.2) is 0 Å². The first-order valence-corrected chi connectivity index (χ1v) is 8.73. The molecule has 3 nitrogen and oxygen atoms in total. The first-order chi connectivity index (χ1) is 11.5. The number of anilines is 1. The molecule has 1 aliphatic carbocycles. The molecule has 1 fully saturated rings. The van der Waals surface area contributed by atoms with Gasteiger partial charge in [-0.15, -0.1) is 0 Å². The number of carbonyl (C=O) groups excluding carboxylic acids is 1. The van der Waals surface area contributed by atoms with Gasteiger partial charge in [0.2, 0.25) is 5.91 Å². The number of benzene rings is 2. The third-order valence-corrected chi connectivity index (χ3v) is 4.71. The lowest BCUT2D eigenvalue weighted by atomic mass is 10.0. The van der Waals surface area contributed by atoms with Crippen LogP contribution in [0, 0.1) is 19.8 Å². The van der Waals surface area contributed by atoms with Gasteiger partial charge in [0.05, 0.1) is 6.04 Å². The van der Waals surface area contributed by atoms with Crippen LogP contribution in [-0.4, -0.2) is 11.9 Å². The monoisotopic (exact) mass is 322 g/mol. The summed E-state index contributed by atoms with van der Waals surface area (Å²) in [6, 6.07) is 16.6. The Balaban J connectivity index is 1.66. The van der Waals surface area contributed by atoms with Crippen molar-refractivity contribution < 1.29 is 4.79 Å². The molecular weight excluding hydrogens is 296 g/mol. The predicted molar refractivity (Wildman–Crippen MR) is 99.1 cm³/mol. The van der Waals surface area contributed by atoms with Gasteiger partial charge < -0.3 is 5.32 Å². The number of hydrogen-bond donors (Lipinski definition) is 2. The topological polar surface area (TPSA) is 41.1 Å². The molecule has 0 aromatic heterocycles. The minimum absolute atomic E-state index is 0.0172. The fraction of sp³-hybridized carbons (Fsp3) is 0.381. The summed E-state index contributed by atoms with van der Waals surface area (Å²) in [4.78, 5) is 12.6. The molecule has 2 aromatic carbocycles. The van der Waals surface area contributed by atoms with Gasteiger partial charge >= 0.3 is 0 Å². The van der Waals surface area contributed by atoms with Crippen LogP contribution in [-0.2, 0) is 4.79 Å². The fourth-order valence-corrected chi connectivity index (χ4v) is 3.13. The summed E-state index contributed by atoms with van der Waals surface area (Å²) in [7, 11) is 0. The van der Waals surface area contributed by atoms with Gasteiger partial charge in [0, 0.05) is 11.7 Å². The van der Waals surface area contributed by atoms with Crippen molar-refractivity contribution in [2.75, 3.05) is 5.32 Å². The van der Waals surface area contributed by atoms with Gasteiger partial charge in [-0.05, 0) is 56.7 Å². The standard InChI is InChI=1S/C21H26N2O/c1-14-9-12-19(15(2)13-14)23-21(24)16(3)22-20(18-10-11-18)17-7-5-4-6-8-17/h4-9,12-13,16,18,20,22H,10-11H2,1-3H3,(H,23,24)/t16-,20-/m0/s1. The Bertz CT molecular complexity index is 707. The van der Waals surface area contributed by atoms with Crippen molar-refractivity contribution in [3.8, 4) is 0 Å². The average molecular weight is 322 g/mol. The lowest BCUT2D eigenvalue weighted by Gasteiger charge is -2.23. The van der Waals surface area contributed by atoms with Crippen molar-refractivity contribution in [3.63, 3.8) is 0 Å². The lowest BCUT2D eigenvalue weighted by molar-refractivity contribution is -0.118. The quantitative estimate of drug-likeness (QED) is 0.829. The molecule has 0 aliphatic heterocycles. The molecule has 126 valence electrons. The maximum atomic E-state index is 12.6. The second-order valence-corrected chi connectivity index (χ2v) is 6.92. The van der Waals surface area contributed by atoms with Crippen LogP contribution in [0.25, 0.3) is 0 Å². The van der Waals surface area contributed by atoms with Gasteiger partial charge in [-0.3, -0.25) is 10.1 Å². The fourth-order valence-electron chi connectivity index (χ4n) is 3.13. The number of hydrogen-bond acceptors (Lipinski definition) is 2. The Kier molecular flexibility index (Phi) is 5.00. The maximum Gasteiger partial charge on any atom is 0.241 e. The highest BCUT2D eigenvalue weighted by Crippen LogP contribution is 2.41. The van der Waals surface area contributed by atoms with E-state index in [-0.39, 0.29) is 18.0 Å².